The normalized spacial score (nSPS) is 10.7. The molecule has 0 radical (unpaired) electrons. The Balaban J connectivity index is 1.95. The predicted molar refractivity (Wildman–Crippen MR) is 64.3 cm³/mol. The molecule has 0 saturated heterocycles. The van der Waals surface area contributed by atoms with Crippen molar-refractivity contribution < 1.29 is 9.36 Å². The molecule has 0 atom stereocenters. The standard InChI is InChI=1S/C10H10ClN3O2S/c11-7-3-1-2-4-8(7)17-6-9-13-10(5-15-12)16-14-9/h1-4H,5-6,12H2. The zero-order chi connectivity index (χ0) is 12.1. The van der Waals surface area contributed by atoms with E-state index in [1.54, 1.807) is 11.8 Å². The predicted octanol–water partition coefficient (Wildman–Crippen LogP) is 2.41. The third-order valence-electron chi connectivity index (χ3n) is 1.91. The first-order valence-corrected chi connectivity index (χ1v) is 6.16. The fourth-order valence-electron chi connectivity index (χ4n) is 1.18. The number of benzene rings is 1. The SMILES string of the molecule is NOCc1nc(CSc2ccccc2Cl)no1. The van der Waals surface area contributed by atoms with E-state index in [1.807, 2.05) is 24.3 Å². The second kappa shape index (κ2) is 6.02. The number of thioether (sulfide) groups is 1. The van der Waals surface area contributed by atoms with Crippen molar-refractivity contribution in [1.29, 1.82) is 0 Å². The third kappa shape index (κ3) is 3.44. The Kier molecular flexibility index (Phi) is 4.38. The van der Waals surface area contributed by atoms with Crippen molar-refractivity contribution >= 4 is 23.4 Å². The van der Waals surface area contributed by atoms with E-state index in [9.17, 15) is 0 Å². The number of hydrogen-bond donors (Lipinski definition) is 1. The molecular formula is C10H10ClN3O2S. The number of nitrogens with two attached hydrogens (primary N) is 1. The first-order valence-electron chi connectivity index (χ1n) is 4.80. The molecule has 0 spiro atoms. The Labute approximate surface area is 107 Å². The topological polar surface area (TPSA) is 74.2 Å². The molecule has 2 rings (SSSR count). The summed E-state index contributed by atoms with van der Waals surface area (Å²) in [6, 6.07) is 7.60. The lowest BCUT2D eigenvalue weighted by Gasteiger charge is -2.00. The summed E-state index contributed by atoms with van der Waals surface area (Å²) in [6.45, 7) is 0.115. The van der Waals surface area contributed by atoms with Crippen LogP contribution >= 0.6 is 23.4 Å². The second-order valence-electron chi connectivity index (χ2n) is 3.13. The molecule has 90 valence electrons. The molecule has 1 aromatic carbocycles. The number of hydrogen-bond acceptors (Lipinski definition) is 6. The molecule has 0 aliphatic carbocycles. The van der Waals surface area contributed by atoms with Crippen molar-refractivity contribution in [2.24, 2.45) is 5.90 Å². The van der Waals surface area contributed by atoms with Gasteiger partial charge in [0.25, 0.3) is 5.89 Å². The molecule has 1 aromatic heterocycles. The molecule has 0 aliphatic heterocycles. The summed E-state index contributed by atoms with van der Waals surface area (Å²) in [5, 5.41) is 4.51. The van der Waals surface area contributed by atoms with E-state index in [0.29, 0.717) is 22.5 Å². The first-order chi connectivity index (χ1) is 8.29. The maximum Gasteiger partial charge on any atom is 0.254 e. The van der Waals surface area contributed by atoms with Gasteiger partial charge in [-0.2, -0.15) is 4.98 Å². The highest BCUT2D eigenvalue weighted by atomic mass is 35.5. The molecule has 5 nitrogen and oxygen atoms in total. The van der Waals surface area contributed by atoms with E-state index in [4.69, 9.17) is 22.0 Å². The summed E-state index contributed by atoms with van der Waals surface area (Å²) in [5.74, 6) is 6.43. The lowest BCUT2D eigenvalue weighted by molar-refractivity contribution is 0.0995. The van der Waals surface area contributed by atoms with Crippen LogP contribution in [0.5, 0.6) is 0 Å². The van der Waals surface area contributed by atoms with Crippen LogP contribution in [-0.4, -0.2) is 10.1 Å². The van der Waals surface area contributed by atoms with Crippen molar-refractivity contribution in [1.82, 2.24) is 10.1 Å². The van der Waals surface area contributed by atoms with E-state index in [1.165, 1.54) is 0 Å². The third-order valence-corrected chi connectivity index (χ3v) is 3.42. The molecule has 0 amide bonds. The zero-order valence-electron chi connectivity index (χ0n) is 8.80. The van der Waals surface area contributed by atoms with Crippen molar-refractivity contribution in [2.75, 3.05) is 0 Å². The highest BCUT2D eigenvalue weighted by molar-refractivity contribution is 7.98. The van der Waals surface area contributed by atoms with Crippen LogP contribution in [0.1, 0.15) is 11.7 Å². The van der Waals surface area contributed by atoms with Gasteiger partial charge in [-0.3, -0.25) is 4.84 Å². The Hall–Kier alpha value is -1.08. The van der Waals surface area contributed by atoms with Crippen LogP contribution in [0.3, 0.4) is 0 Å². The van der Waals surface area contributed by atoms with Gasteiger partial charge in [0.15, 0.2) is 5.82 Å². The molecule has 2 aromatic rings. The van der Waals surface area contributed by atoms with Crippen molar-refractivity contribution in [2.45, 2.75) is 17.3 Å². The van der Waals surface area contributed by atoms with Crippen LogP contribution < -0.4 is 5.90 Å². The Morgan fingerprint density at radius 3 is 3.00 bits per heavy atom. The minimum absolute atomic E-state index is 0.115. The average Bonchev–Trinajstić information content (AvgIpc) is 2.76. The number of aromatic nitrogens is 2. The van der Waals surface area contributed by atoms with E-state index in [-0.39, 0.29) is 6.61 Å². The Morgan fingerprint density at radius 1 is 1.41 bits per heavy atom. The highest BCUT2D eigenvalue weighted by Crippen LogP contribution is 2.28. The van der Waals surface area contributed by atoms with Gasteiger partial charge in [-0.05, 0) is 12.1 Å². The van der Waals surface area contributed by atoms with Gasteiger partial charge in [0.2, 0.25) is 0 Å². The first kappa shape index (κ1) is 12.4. The minimum Gasteiger partial charge on any atom is -0.337 e. The Bertz CT molecular complexity index is 492. The maximum atomic E-state index is 6.02. The van der Waals surface area contributed by atoms with Crippen LogP contribution in [0.15, 0.2) is 33.7 Å². The van der Waals surface area contributed by atoms with Gasteiger partial charge in [-0.15, -0.1) is 11.8 Å². The van der Waals surface area contributed by atoms with Crippen LogP contribution in [0.4, 0.5) is 0 Å². The fourth-order valence-corrected chi connectivity index (χ4v) is 2.26. The minimum atomic E-state index is 0.115. The van der Waals surface area contributed by atoms with Gasteiger partial charge in [0, 0.05) is 4.90 Å². The van der Waals surface area contributed by atoms with Gasteiger partial charge < -0.3 is 4.52 Å². The molecule has 0 fully saturated rings. The van der Waals surface area contributed by atoms with Crippen molar-refractivity contribution in [3.05, 3.63) is 41.0 Å². The molecule has 17 heavy (non-hydrogen) atoms. The lowest BCUT2D eigenvalue weighted by Crippen LogP contribution is -1.98. The largest absolute Gasteiger partial charge is 0.337 e. The monoisotopic (exact) mass is 271 g/mol. The maximum absolute atomic E-state index is 6.02. The van der Waals surface area contributed by atoms with Crippen LogP contribution in [0.25, 0.3) is 0 Å². The van der Waals surface area contributed by atoms with E-state index in [0.717, 1.165) is 4.90 Å². The Morgan fingerprint density at radius 2 is 2.24 bits per heavy atom. The van der Waals surface area contributed by atoms with Crippen LogP contribution in [-0.2, 0) is 17.2 Å². The summed E-state index contributed by atoms with van der Waals surface area (Å²) >= 11 is 7.57. The zero-order valence-corrected chi connectivity index (χ0v) is 10.4. The number of rotatable bonds is 5. The molecule has 0 bridgehead atoms. The van der Waals surface area contributed by atoms with Gasteiger partial charge in [-0.25, -0.2) is 5.90 Å². The summed E-state index contributed by atoms with van der Waals surface area (Å²) < 4.78 is 4.91. The van der Waals surface area contributed by atoms with E-state index in [2.05, 4.69) is 15.0 Å². The molecule has 0 unspecified atom stereocenters. The van der Waals surface area contributed by atoms with Crippen molar-refractivity contribution in [3.63, 3.8) is 0 Å². The van der Waals surface area contributed by atoms with E-state index >= 15 is 0 Å². The van der Waals surface area contributed by atoms with Crippen LogP contribution in [0.2, 0.25) is 5.02 Å². The molecular weight excluding hydrogens is 262 g/mol. The van der Waals surface area contributed by atoms with Gasteiger partial charge in [-0.1, -0.05) is 28.9 Å². The quantitative estimate of drug-likeness (QED) is 0.665. The highest BCUT2D eigenvalue weighted by Gasteiger charge is 2.07. The number of nitrogens with zero attached hydrogens (tertiary/aromatic N) is 2. The van der Waals surface area contributed by atoms with Crippen molar-refractivity contribution in [3.8, 4) is 0 Å². The second-order valence-corrected chi connectivity index (χ2v) is 4.56. The molecule has 2 N–H and O–H groups in total. The average molecular weight is 272 g/mol. The van der Waals surface area contributed by atoms with Gasteiger partial charge in [0.05, 0.1) is 10.8 Å². The fraction of sp³-hybridized carbons (Fsp3) is 0.200. The van der Waals surface area contributed by atoms with Gasteiger partial charge in [0.1, 0.15) is 6.61 Å². The lowest BCUT2D eigenvalue weighted by atomic mass is 10.4. The smallest absolute Gasteiger partial charge is 0.254 e. The molecule has 1 heterocycles. The molecule has 0 saturated carbocycles. The van der Waals surface area contributed by atoms with Crippen LogP contribution in [0, 0.1) is 0 Å². The summed E-state index contributed by atoms with van der Waals surface area (Å²) in [4.78, 5) is 9.48. The van der Waals surface area contributed by atoms with Gasteiger partial charge >= 0.3 is 0 Å². The molecule has 7 heteroatoms. The molecule has 0 aliphatic rings. The summed E-state index contributed by atoms with van der Waals surface area (Å²) in [5.41, 5.74) is 0. The summed E-state index contributed by atoms with van der Waals surface area (Å²) in [7, 11) is 0. The van der Waals surface area contributed by atoms with E-state index < -0.39 is 0 Å². The number of halogens is 1. The summed E-state index contributed by atoms with van der Waals surface area (Å²) in [6.07, 6.45) is 0.